The minimum Gasteiger partial charge on any atom is -0.455 e. The molecule has 0 aliphatic rings. The molecule has 0 unspecified atom stereocenters. The summed E-state index contributed by atoms with van der Waals surface area (Å²) in [5.41, 5.74) is 26.2. The lowest BCUT2D eigenvalue weighted by Gasteiger charge is -2.15. The average molecular weight is 1620 g/mol. The lowest BCUT2D eigenvalue weighted by atomic mass is 9.97. The van der Waals surface area contributed by atoms with E-state index >= 15 is 0 Å². The molecule has 0 bridgehead atoms. The number of nitrogens with zero attached hydrogens (tertiary/aromatic N) is 8. The Hall–Kier alpha value is -17.1. The van der Waals surface area contributed by atoms with Gasteiger partial charge in [-0.05, 0) is 206 Å². The van der Waals surface area contributed by atoms with Crippen LogP contribution in [0.4, 0.5) is 0 Å². The van der Waals surface area contributed by atoms with Crippen LogP contribution in [0.5, 0.6) is 0 Å². The molecule has 588 valence electrons. The molecular weight excluding hydrogens is 1550 g/mol. The topological polar surface area (TPSA) is 84.4 Å². The highest BCUT2D eigenvalue weighted by molar-refractivity contribution is 6.21. The number of hydrogen-bond acceptors (Lipinski definition) is 5. The number of para-hydroxylation sites is 10. The largest absolute Gasteiger partial charge is 0.455 e. The molecule has 0 spiro atoms. The van der Waals surface area contributed by atoms with E-state index in [1.165, 1.54) is 135 Å². The summed E-state index contributed by atoms with van der Waals surface area (Å²) in [6, 6.07) is 153. The first-order valence-electron chi connectivity index (χ1n) is 43.3. The van der Waals surface area contributed by atoms with Crippen molar-refractivity contribution < 1.29 is 4.42 Å². The normalized spacial score (nSPS) is 12.1. The van der Waals surface area contributed by atoms with Crippen LogP contribution >= 0.6 is 0 Å². The zero-order valence-electron chi connectivity index (χ0n) is 68.4. The Labute approximate surface area is 726 Å². The summed E-state index contributed by atoms with van der Waals surface area (Å²) in [5.74, 6) is 0. The highest BCUT2D eigenvalue weighted by Gasteiger charge is 2.26. The molecule has 0 saturated carbocycles. The van der Waals surface area contributed by atoms with Gasteiger partial charge >= 0.3 is 0 Å². The summed E-state index contributed by atoms with van der Waals surface area (Å²) in [6.45, 7) is 0. The highest BCUT2D eigenvalue weighted by atomic mass is 16.3. The molecule has 0 fully saturated rings. The molecule has 0 amide bonds. The number of furan rings is 1. The third-order valence-electron chi connectivity index (χ3n) is 26.4. The van der Waals surface area contributed by atoms with Crippen LogP contribution in [0.25, 0.3) is 264 Å². The molecule has 28 rings (SSSR count). The monoisotopic (exact) mass is 1610 g/mol. The second-order valence-electron chi connectivity index (χ2n) is 33.5. The van der Waals surface area contributed by atoms with Crippen molar-refractivity contribution in [2.75, 3.05) is 0 Å². The van der Waals surface area contributed by atoms with Gasteiger partial charge in [0.15, 0.2) is 0 Å². The molecule has 0 saturated heterocycles. The Morgan fingerprint density at radius 2 is 0.512 bits per heavy atom. The maximum absolute atomic E-state index is 6.57. The molecule has 7 heterocycles. The summed E-state index contributed by atoms with van der Waals surface area (Å²) in [6.07, 6.45) is 0. The molecule has 0 radical (unpaired) electrons. The predicted molar refractivity (Wildman–Crippen MR) is 530 cm³/mol. The van der Waals surface area contributed by atoms with Gasteiger partial charge in [-0.2, -0.15) is 0 Å². The predicted octanol–water partition coefficient (Wildman–Crippen LogP) is 31.1. The number of fused-ring (bicyclic) bond motifs is 24. The van der Waals surface area contributed by atoms with E-state index < -0.39 is 0 Å². The molecule has 28 aromatic rings. The molecule has 0 N–H and O–H groups in total. The number of benzene rings is 21. The standard InChI is InChI=1S/C60H36N4.C58H34N4O/c1-2-15-39-34-58-50(33-38(39)14-1)47-20-6-10-25-55(47)64(58)56-26-12-16-40-35-57-51(36-49(40)56)48-21-5-9-24-54(48)63(57)44-18-11-17-42(32-44)59-60(62-53-23-8-7-22-52(53)61-59)43-29-30-46-41(31-43)28-27-37-13-3-4-19-45(37)46;1-2-15-36-32-54-46(31-35(36)14-1)40-19-4-9-27-51(40)62(54)52-28-12-16-37-33-53-47(34-45(37)52)41-20-3-8-26-50(41)61(53)39-18-11-17-38(30-39)56-57(60-49-25-7-6-24-48(49)59-56)44-23-13-22-43-42-21-5-10-29-55(42)63-58(43)44/h1-36H;1-34H. The van der Waals surface area contributed by atoms with Gasteiger partial charge in [-0.1, -0.05) is 273 Å². The molecule has 0 atom stereocenters. The van der Waals surface area contributed by atoms with Gasteiger partial charge in [-0.15, -0.1) is 0 Å². The molecule has 127 heavy (non-hydrogen) atoms. The molecular formula is C118H70N8O. The summed E-state index contributed by atoms with van der Waals surface area (Å²) in [5, 5.41) is 26.6. The van der Waals surface area contributed by atoms with Crippen molar-refractivity contribution in [2.45, 2.75) is 0 Å². The van der Waals surface area contributed by atoms with Crippen LogP contribution in [0, 0.1) is 0 Å². The van der Waals surface area contributed by atoms with Crippen LogP contribution in [0.1, 0.15) is 0 Å². The van der Waals surface area contributed by atoms with Crippen LogP contribution in [-0.2, 0) is 0 Å². The van der Waals surface area contributed by atoms with E-state index in [2.05, 4.69) is 394 Å². The van der Waals surface area contributed by atoms with Crippen molar-refractivity contribution in [2.24, 2.45) is 0 Å². The Bertz CT molecular complexity index is 9590. The van der Waals surface area contributed by atoms with Crippen LogP contribution in [0.15, 0.2) is 429 Å². The van der Waals surface area contributed by atoms with Crippen molar-refractivity contribution in [1.29, 1.82) is 0 Å². The van der Waals surface area contributed by atoms with Crippen molar-refractivity contribution in [3.05, 3.63) is 425 Å². The van der Waals surface area contributed by atoms with Crippen molar-refractivity contribution in [3.63, 3.8) is 0 Å². The van der Waals surface area contributed by atoms with Gasteiger partial charge < -0.3 is 22.7 Å². The molecule has 9 heteroatoms. The van der Waals surface area contributed by atoms with E-state index in [0.29, 0.717) is 0 Å². The Balaban J connectivity index is 0.000000132. The second kappa shape index (κ2) is 27.7. The van der Waals surface area contributed by atoms with Gasteiger partial charge in [0, 0.05) is 98.3 Å². The summed E-state index contributed by atoms with van der Waals surface area (Å²) in [4.78, 5) is 21.4. The van der Waals surface area contributed by atoms with Crippen LogP contribution < -0.4 is 0 Å². The summed E-state index contributed by atoms with van der Waals surface area (Å²) >= 11 is 0. The van der Waals surface area contributed by atoms with E-state index in [9.17, 15) is 0 Å². The van der Waals surface area contributed by atoms with E-state index in [0.717, 1.165) is 128 Å². The van der Waals surface area contributed by atoms with Crippen molar-refractivity contribution in [1.82, 2.24) is 38.2 Å². The molecule has 0 aliphatic carbocycles. The van der Waals surface area contributed by atoms with E-state index in [-0.39, 0.29) is 0 Å². The fourth-order valence-corrected chi connectivity index (χ4v) is 20.7. The number of aromatic nitrogens is 8. The first-order chi connectivity index (χ1) is 62.9. The fraction of sp³-hybridized carbons (Fsp3) is 0. The lowest BCUT2D eigenvalue weighted by Crippen LogP contribution is -1.98. The number of hydrogen-bond donors (Lipinski definition) is 0. The number of rotatable bonds is 8. The van der Waals surface area contributed by atoms with Gasteiger partial charge in [0.2, 0.25) is 0 Å². The van der Waals surface area contributed by atoms with Gasteiger partial charge in [0.05, 0.1) is 94.7 Å². The Kier molecular flexibility index (Phi) is 15.4. The smallest absolute Gasteiger partial charge is 0.144 e. The fourth-order valence-electron chi connectivity index (χ4n) is 20.7. The van der Waals surface area contributed by atoms with Crippen LogP contribution in [-0.4, -0.2) is 38.2 Å². The third-order valence-corrected chi connectivity index (χ3v) is 26.4. The van der Waals surface area contributed by atoms with E-state index in [1.807, 2.05) is 48.5 Å². The summed E-state index contributed by atoms with van der Waals surface area (Å²) in [7, 11) is 0. The molecule has 21 aromatic carbocycles. The molecule has 7 aromatic heterocycles. The first kappa shape index (κ1) is 70.5. The quantitative estimate of drug-likeness (QED) is 0.142. The lowest BCUT2D eigenvalue weighted by molar-refractivity contribution is 0.670. The molecule has 9 nitrogen and oxygen atoms in total. The zero-order valence-corrected chi connectivity index (χ0v) is 68.4. The van der Waals surface area contributed by atoms with Crippen LogP contribution in [0.2, 0.25) is 0 Å². The maximum atomic E-state index is 6.57. The minimum absolute atomic E-state index is 0.786. The third kappa shape index (κ3) is 11.0. The van der Waals surface area contributed by atoms with Crippen molar-refractivity contribution >= 4 is 196 Å². The highest BCUT2D eigenvalue weighted by Crippen LogP contribution is 2.47. The van der Waals surface area contributed by atoms with Gasteiger partial charge in [0.25, 0.3) is 0 Å². The molecule has 0 aliphatic heterocycles. The second-order valence-corrected chi connectivity index (χ2v) is 33.5. The maximum Gasteiger partial charge on any atom is 0.144 e. The Morgan fingerprint density at radius 1 is 0.173 bits per heavy atom. The minimum atomic E-state index is 0.786. The zero-order chi connectivity index (χ0) is 83.1. The Morgan fingerprint density at radius 3 is 1.02 bits per heavy atom. The van der Waals surface area contributed by atoms with Gasteiger partial charge in [-0.3, -0.25) is 0 Å². The average Bonchev–Trinajstić information content (AvgIpc) is 1.57. The van der Waals surface area contributed by atoms with Crippen LogP contribution in [0.3, 0.4) is 0 Å². The SMILES string of the molecule is c1cc(-c2nc3ccccc3nc2-c2ccc3c(ccc4ccccc43)c2)cc(-n2c3ccccc3c3cc4c(-n5c6ccccc6c6cc7ccccc7cc65)cccc4cc32)c1.c1cc(-c2nc3ccccc3nc2-c2cccc3c2oc2ccccc23)cc(-n2c3ccccc3c3cc4c(-n5c6ccccc6c6cc7ccccc7cc65)cccc4cc32)c1. The van der Waals surface area contributed by atoms with Gasteiger partial charge in [-0.25, -0.2) is 19.9 Å². The first-order valence-corrected chi connectivity index (χ1v) is 43.3. The summed E-state index contributed by atoms with van der Waals surface area (Å²) < 4.78 is 16.3. The van der Waals surface area contributed by atoms with Gasteiger partial charge in [0.1, 0.15) is 16.9 Å². The van der Waals surface area contributed by atoms with Crippen molar-refractivity contribution in [3.8, 4) is 67.8 Å². The van der Waals surface area contributed by atoms with E-state index in [4.69, 9.17) is 24.4 Å². The van der Waals surface area contributed by atoms with E-state index in [1.54, 1.807) is 0 Å².